The Bertz CT molecular complexity index is 7770. The van der Waals surface area contributed by atoms with Gasteiger partial charge in [-0.25, -0.2) is 19.9 Å². The summed E-state index contributed by atoms with van der Waals surface area (Å²) in [5, 5.41) is 9.73. The monoisotopic (exact) mass is 1570 g/mol. The lowest BCUT2D eigenvalue weighted by molar-refractivity contribution is 0.442. The summed E-state index contributed by atoms with van der Waals surface area (Å²) in [6.07, 6.45) is 0. The lowest BCUT2D eigenvalue weighted by atomic mass is 9.65. The van der Waals surface area contributed by atoms with Crippen molar-refractivity contribution in [2.24, 2.45) is 0 Å². The fourth-order valence-corrected chi connectivity index (χ4v) is 22.9. The second-order valence-electron chi connectivity index (χ2n) is 31.9. The lowest BCUT2D eigenvalue weighted by Gasteiger charge is -2.40. The van der Waals surface area contributed by atoms with Crippen LogP contribution in [0.5, 0.6) is 23.0 Å². The summed E-state index contributed by atoms with van der Waals surface area (Å²) < 4.78 is 29.5. The maximum absolute atomic E-state index is 15.1. The molecule has 0 bridgehead atoms. The Labute approximate surface area is 705 Å². The van der Waals surface area contributed by atoms with E-state index in [0.29, 0.717) is 5.82 Å². The molecule has 21 aromatic rings. The predicted molar refractivity (Wildman–Crippen MR) is 498 cm³/mol. The van der Waals surface area contributed by atoms with Gasteiger partial charge in [0.15, 0.2) is 13.0 Å². The summed E-state index contributed by atoms with van der Waals surface area (Å²) >= 11 is 0. The molecule has 0 amide bonds. The molecule has 0 fully saturated rings. The van der Waals surface area contributed by atoms with Crippen molar-refractivity contribution in [3.8, 4) is 113 Å². The molecule has 0 atom stereocenters. The fourth-order valence-electron chi connectivity index (χ4n) is 20.2. The molecule has 8 heteroatoms. The minimum absolute atomic E-state index is 0.563. The summed E-state index contributed by atoms with van der Waals surface area (Å²) in [5.74, 6) is 4.18. The lowest BCUT2D eigenvalue weighted by Crippen LogP contribution is -2.32. The van der Waals surface area contributed by atoms with Gasteiger partial charge in [-0.15, -0.1) is 0 Å². The largest absolute Gasteiger partial charge is 0.456 e. The van der Waals surface area contributed by atoms with Crippen LogP contribution in [-0.4, -0.2) is 19.9 Å². The number of rotatable bonds is 9. The first-order chi connectivity index (χ1) is 60.4. The van der Waals surface area contributed by atoms with E-state index in [9.17, 15) is 0 Å². The van der Waals surface area contributed by atoms with Crippen LogP contribution < -0.4 is 25.4 Å². The van der Waals surface area contributed by atoms with Crippen molar-refractivity contribution in [3.05, 3.63) is 475 Å². The van der Waals surface area contributed by atoms with E-state index in [1.165, 1.54) is 44.5 Å². The number of benzene rings is 18. The Morgan fingerprint density at radius 3 is 0.975 bits per heavy atom. The van der Waals surface area contributed by atoms with Gasteiger partial charge in [0, 0.05) is 98.1 Å². The van der Waals surface area contributed by atoms with Crippen LogP contribution in [0, 0.1) is 0 Å². The molecule has 25 rings (SSSR count). The number of pyridine rings is 2. The van der Waals surface area contributed by atoms with E-state index in [4.69, 9.17) is 29.4 Å². The van der Waals surface area contributed by atoms with E-state index in [1.807, 2.05) is 109 Å². The minimum atomic E-state index is -3.11. The van der Waals surface area contributed by atoms with Crippen molar-refractivity contribution in [1.29, 1.82) is 0 Å². The Balaban J connectivity index is 0.000000138. The Kier molecular flexibility index (Phi) is 16.3. The van der Waals surface area contributed by atoms with Crippen LogP contribution in [0.25, 0.3) is 144 Å². The highest BCUT2D eigenvalue weighted by Gasteiger charge is 2.53. The number of aromatic nitrogens is 4. The molecule has 0 saturated carbocycles. The standard InChI is InChI=1S/C58H35N3O.C56H36NO2P/c1-3-15-37(16-4-1)55-45-33-34-49-56(62-52-26-14-12-24-48(52)58(49)46-22-10-7-19-41(46)42-20-8-11-23-47(42)58)53(45)43-32-31-40(35-51(43)59-55)36-27-29-38(30-28-36)54-44-21-9-13-25-50(44)60-57(61-54)39-17-5-2-6-18-39;58-60(40-18-6-2-7-19-40,41-20-8-3-9-21-41)42-31-28-37(29-32-42)39-30-33-45-51(36-39)57-54(38-16-4-1-5-17-38)46-34-35-50-55(53(45)46)59-52-27-15-14-26-49(52)56(50)47-24-12-10-22-43(47)44-23-11-13-25-48(44)56/h1-35H;1-36H. The third-order valence-electron chi connectivity index (χ3n) is 25.6. The molecule has 2 aliphatic carbocycles. The second kappa shape index (κ2) is 28.1. The Morgan fingerprint density at radius 1 is 0.213 bits per heavy atom. The van der Waals surface area contributed by atoms with Crippen molar-refractivity contribution in [2.75, 3.05) is 0 Å². The molecule has 3 aromatic heterocycles. The van der Waals surface area contributed by atoms with Crippen molar-refractivity contribution in [1.82, 2.24) is 19.9 Å². The second-order valence-corrected chi connectivity index (χ2v) is 34.7. The predicted octanol–water partition coefficient (Wildman–Crippen LogP) is 27.3. The first-order valence-electron chi connectivity index (χ1n) is 41.5. The van der Waals surface area contributed by atoms with Crippen LogP contribution >= 0.6 is 7.14 Å². The highest BCUT2D eigenvalue weighted by Crippen LogP contribution is 2.66. The van der Waals surface area contributed by atoms with Crippen molar-refractivity contribution in [2.45, 2.75) is 10.8 Å². The molecule has 0 radical (unpaired) electrons. The fraction of sp³-hybridized carbons (Fsp3) is 0.0175. The molecule has 4 aliphatic rings. The van der Waals surface area contributed by atoms with E-state index in [2.05, 4.69) is 322 Å². The number of hydrogen-bond acceptors (Lipinski definition) is 7. The Hall–Kier alpha value is -15.5. The first kappa shape index (κ1) is 70.7. The van der Waals surface area contributed by atoms with Gasteiger partial charge in [0.2, 0.25) is 0 Å². The summed E-state index contributed by atoms with van der Waals surface area (Å²) in [7, 11) is -3.11. The zero-order valence-electron chi connectivity index (χ0n) is 66.0. The third kappa shape index (κ3) is 10.7. The number of nitrogens with zero attached hydrogens (tertiary/aromatic N) is 4. The van der Waals surface area contributed by atoms with Crippen molar-refractivity contribution >= 4 is 77.3 Å². The van der Waals surface area contributed by atoms with E-state index in [0.717, 1.165) is 177 Å². The van der Waals surface area contributed by atoms with Crippen molar-refractivity contribution < 1.29 is 14.0 Å². The van der Waals surface area contributed by atoms with Crippen LogP contribution in [-0.2, 0) is 15.4 Å². The van der Waals surface area contributed by atoms with Crippen LogP contribution in [0.4, 0.5) is 0 Å². The topological polar surface area (TPSA) is 87.1 Å². The number of ether oxygens (including phenoxy) is 2. The number of fused-ring (bicyclic) bond motifs is 27. The molecular weight excluding hydrogens is 1500 g/mol. The molecule has 0 N–H and O–H groups in total. The number of para-hydroxylation sites is 3. The zero-order chi connectivity index (χ0) is 80.6. The maximum Gasteiger partial charge on any atom is 0.171 e. The van der Waals surface area contributed by atoms with Gasteiger partial charge in [-0.3, -0.25) is 0 Å². The summed E-state index contributed by atoms with van der Waals surface area (Å²) in [5.41, 5.74) is 27.3. The van der Waals surface area contributed by atoms with Gasteiger partial charge < -0.3 is 14.0 Å². The van der Waals surface area contributed by atoms with Gasteiger partial charge in [-0.05, 0) is 97.1 Å². The highest BCUT2D eigenvalue weighted by atomic mass is 31.2. The van der Waals surface area contributed by atoms with Crippen LogP contribution in [0.15, 0.2) is 431 Å². The summed E-state index contributed by atoms with van der Waals surface area (Å²) in [6.45, 7) is 0. The van der Waals surface area contributed by atoms with Crippen LogP contribution in [0.3, 0.4) is 0 Å². The van der Waals surface area contributed by atoms with Gasteiger partial charge in [-0.1, -0.05) is 400 Å². The number of hydrogen-bond donors (Lipinski definition) is 0. The van der Waals surface area contributed by atoms with Crippen LogP contribution in [0.1, 0.15) is 44.5 Å². The smallest absolute Gasteiger partial charge is 0.171 e. The molecule has 2 spiro atoms. The molecule has 5 heterocycles. The van der Waals surface area contributed by atoms with E-state index in [1.54, 1.807) is 0 Å². The van der Waals surface area contributed by atoms with E-state index < -0.39 is 18.0 Å². The molecule has 122 heavy (non-hydrogen) atoms. The first-order valence-corrected chi connectivity index (χ1v) is 43.2. The molecule has 18 aromatic carbocycles. The van der Waals surface area contributed by atoms with Gasteiger partial charge in [0.1, 0.15) is 23.0 Å². The molecule has 0 unspecified atom stereocenters. The van der Waals surface area contributed by atoms with Gasteiger partial charge >= 0.3 is 0 Å². The van der Waals surface area contributed by atoms with E-state index >= 15 is 4.57 Å². The molecule has 7 nitrogen and oxygen atoms in total. The van der Waals surface area contributed by atoms with Gasteiger partial charge in [0.05, 0.1) is 44.5 Å². The SMILES string of the molecule is O=P(c1ccccc1)(c1ccccc1)c1ccc(-c2ccc3c(c2)nc(-c2ccccc2)c2ccc4c(c23)Oc2ccccc2C42c3ccccc3-c3ccccc32)cc1.c1ccc(-c2nc(-c3ccc(-c4ccc5c(c4)nc(-c4ccccc4)c4ccc6c(c45)Oc4ccccc4C64c5ccccc5-c5ccccc54)cc3)c3ccccc3n2)cc1. The molecule has 0 saturated heterocycles. The minimum Gasteiger partial charge on any atom is -0.456 e. The summed E-state index contributed by atoms with van der Waals surface area (Å²) in [4.78, 5) is 21.0. The normalized spacial score (nSPS) is 13.2. The van der Waals surface area contributed by atoms with E-state index in [-0.39, 0.29) is 0 Å². The molecule has 2 aliphatic heterocycles. The quantitative estimate of drug-likeness (QED) is 0.105. The highest BCUT2D eigenvalue weighted by molar-refractivity contribution is 7.85. The zero-order valence-corrected chi connectivity index (χ0v) is 66.8. The Morgan fingerprint density at radius 2 is 0.533 bits per heavy atom. The van der Waals surface area contributed by atoms with Crippen LogP contribution in [0.2, 0.25) is 0 Å². The average Bonchev–Trinajstić information content (AvgIpc) is 1.59. The maximum atomic E-state index is 15.1. The average molecular weight is 1580 g/mol. The third-order valence-corrected chi connectivity index (χ3v) is 28.6. The summed E-state index contributed by atoms with van der Waals surface area (Å²) in [6, 6.07) is 151. The van der Waals surface area contributed by atoms with Crippen molar-refractivity contribution in [3.63, 3.8) is 0 Å². The van der Waals surface area contributed by atoms with Gasteiger partial charge in [0.25, 0.3) is 0 Å². The molecule has 570 valence electrons. The van der Waals surface area contributed by atoms with Gasteiger partial charge in [-0.2, -0.15) is 0 Å². The molecular formula is C114H71N4O3P.